The van der Waals surface area contributed by atoms with E-state index in [-0.39, 0.29) is 42.9 Å². The van der Waals surface area contributed by atoms with Crippen LogP contribution < -0.4 is 15.0 Å². The van der Waals surface area contributed by atoms with Crippen molar-refractivity contribution in [3.63, 3.8) is 0 Å². The summed E-state index contributed by atoms with van der Waals surface area (Å²) in [6.45, 7) is 5.72. The first-order valence-electron chi connectivity index (χ1n) is 17.0. The van der Waals surface area contributed by atoms with Gasteiger partial charge < -0.3 is 38.4 Å². The molecule has 0 spiro atoms. The largest absolute Gasteiger partial charge is 0.495 e. The molecule has 0 aliphatic carbocycles. The van der Waals surface area contributed by atoms with Gasteiger partial charge in [0.05, 0.1) is 37.8 Å². The van der Waals surface area contributed by atoms with Gasteiger partial charge in [0, 0.05) is 32.8 Å². The molecule has 12 nitrogen and oxygen atoms in total. The molecule has 5 aliphatic heterocycles. The minimum Gasteiger partial charge on any atom is -0.495 e. The van der Waals surface area contributed by atoms with Gasteiger partial charge in [-0.15, -0.1) is 0 Å². The number of anilines is 1. The first-order chi connectivity index (χ1) is 24.1. The summed E-state index contributed by atoms with van der Waals surface area (Å²) >= 11 is 6.77. The number of allylic oxidation sites excluding steroid dienone is 3. The number of hydrogen-bond acceptors (Lipinski definition) is 12. The van der Waals surface area contributed by atoms with E-state index in [9.17, 15) is 19.5 Å². The highest BCUT2D eigenvalue weighted by molar-refractivity contribution is 8.76. The number of alkyl carbamates (subject to hydrolysis) is 1. The third-order valence-corrected chi connectivity index (χ3v) is 12.4. The van der Waals surface area contributed by atoms with Crippen molar-refractivity contribution < 1.29 is 47.9 Å². The van der Waals surface area contributed by atoms with E-state index in [1.54, 1.807) is 54.6 Å². The summed E-state index contributed by atoms with van der Waals surface area (Å²) in [5.74, 6) is -0.0856. The van der Waals surface area contributed by atoms with E-state index in [1.807, 2.05) is 31.4 Å². The second-order valence-corrected chi connectivity index (χ2v) is 17.2. The summed E-state index contributed by atoms with van der Waals surface area (Å²) < 4.78 is 35.7. The van der Waals surface area contributed by atoms with Gasteiger partial charge in [0.2, 0.25) is 5.91 Å². The number of nitrogens with one attached hydrogen (secondary N) is 1. The van der Waals surface area contributed by atoms with E-state index in [0.29, 0.717) is 24.3 Å². The molecule has 6 bridgehead atoms. The normalized spacial score (nSPS) is 36.1. The zero-order valence-electron chi connectivity index (χ0n) is 30.2. The number of hydrogen-bond donors (Lipinski definition) is 2. The summed E-state index contributed by atoms with van der Waals surface area (Å²) in [7, 11) is 7.97. The number of amides is 2. The van der Waals surface area contributed by atoms with E-state index in [0.717, 1.165) is 23.3 Å². The van der Waals surface area contributed by atoms with Gasteiger partial charge in [-0.05, 0) is 64.0 Å². The zero-order chi connectivity index (χ0) is 37.1. The van der Waals surface area contributed by atoms with Gasteiger partial charge in [-0.2, -0.15) is 0 Å². The van der Waals surface area contributed by atoms with E-state index >= 15 is 0 Å². The van der Waals surface area contributed by atoms with Crippen LogP contribution in [-0.2, 0) is 39.7 Å². The van der Waals surface area contributed by atoms with Crippen LogP contribution in [0, 0.1) is 5.92 Å². The number of ether oxygens (including phenoxy) is 6. The van der Waals surface area contributed by atoms with Gasteiger partial charge in [-0.1, -0.05) is 57.0 Å². The molecule has 3 unspecified atom stereocenters. The fraction of sp³-hybridized carbons (Fsp3) is 0.639. The smallest absolute Gasteiger partial charge is 0.409 e. The molecule has 2 N–H and O–H groups in total. The Balaban J connectivity index is 1.49. The summed E-state index contributed by atoms with van der Waals surface area (Å²) in [5.41, 5.74) is -1.81. The quantitative estimate of drug-likeness (QED) is 0.263. The van der Waals surface area contributed by atoms with Gasteiger partial charge in [0.15, 0.2) is 5.72 Å². The molecule has 3 saturated heterocycles. The van der Waals surface area contributed by atoms with Crippen molar-refractivity contribution in [1.29, 1.82) is 0 Å². The molecule has 51 heavy (non-hydrogen) atoms. The summed E-state index contributed by atoms with van der Waals surface area (Å²) in [5, 5.41) is 14.5. The first-order valence-corrected chi connectivity index (χ1v) is 20.1. The highest BCUT2D eigenvalue weighted by Gasteiger charge is 2.63. The number of carbonyl (C=O) groups excluding carboxylic acids is 3. The average Bonchev–Trinajstić information content (AvgIpc) is 3.07. The van der Waals surface area contributed by atoms with Crippen molar-refractivity contribution in [2.45, 2.75) is 101 Å². The monoisotopic (exact) mass is 768 g/mol. The molecule has 282 valence electrons. The number of fused-ring (bicyclic) bond motifs is 6. The van der Waals surface area contributed by atoms with Crippen molar-refractivity contribution in [3.05, 3.63) is 46.5 Å². The fourth-order valence-electron chi connectivity index (χ4n) is 7.40. The van der Waals surface area contributed by atoms with Crippen LogP contribution in [0.3, 0.4) is 0 Å². The molecule has 2 amide bonds. The molecule has 1 aromatic rings. The molecule has 3 fully saturated rings. The molecule has 8 atom stereocenters. The minimum atomic E-state index is -1.82. The maximum Gasteiger partial charge on any atom is 0.409 e. The summed E-state index contributed by atoms with van der Waals surface area (Å²) in [6, 6.07) is 3.65. The molecule has 6 rings (SSSR count). The summed E-state index contributed by atoms with van der Waals surface area (Å²) in [4.78, 5) is 42.1. The van der Waals surface area contributed by atoms with Gasteiger partial charge in [-0.3, -0.25) is 14.9 Å². The Bertz CT molecular complexity index is 1530. The SMILES string of the molecule is COc1cc2cc(c1Cl)N(C)C(=O)C[C@H](OC(=O)C1CCC(CSSC)OC1)[C@@]1(C)CC(C)(O1)[C@@H]1C[C@@](O)(NC(=O)O1)[C@H](OC)/C=C/C=C(\C)C2. The van der Waals surface area contributed by atoms with Crippen LogP contribution in [0.1, 0.15) is 58.4 Å². The lowest BCUT2D eigenvalue weighted by molar-refractivity contribution is -0.328. The average molecular weight is 769 g/mol. The number of benzene rings is 1. The molecular formula is C36H49ClN2O10S2. The van der Waals surface area contributed by atoms with Crippen molar-refractivity contribution in [2.24, 2.45) is 5.92 Å². The molecule has 0 saturated carbocycles. The van der Waals surface area contributed by atoms with Gasteiger partial charge in [0.1, 0.15) is 40.3 Å². The Kier molecular flexibility index (Phi) is 12.7. The number of methoxy groups -OCH3 is 2. The Labute approximate surface area is 312 Å². The molecule has 0 aromatic heterocycles. The van der Waals surface area contributed by atoms with E-state index in [1.165, 1.54) is 19.1 Å². The lowest BCUT2D eigenvalue weighted by Gasteiger charge is -2.59. The van der Waals surface area contributed by atoms with E-state index < -0.39 is 53.2 Å². The Hall–Kier alpha value is -2.46. The van der Waals surface area contributed by atoms with E-state index in [4.69, 9.17) is 40.0 Å². The molecule has 1 aromatic carbocycles. The van der Waals surface area contributed by atoms with Crippen LogP contribution in [0.4, 0.5) is 10.5 Å². The maximum absolute atomic E-state index is 14.1. The van der Waals surface area contributed by atoms with Gasteiger partial charge in [0.25, 0.3) is 0 Å². The second-order valence-electron chi connectivity index (χ2n) is 14.2. The van der Waals surface area contributed by atoms with Crippen molar-refractivity contribution in [2.75, 3.05) is 44.8 Å². The highest BCUT2D eigenvalue weighted by atomic mass is 35.5. The maximum atomic E-state index is 14.1. The summed E-state index contributed by atoms with van der Waals surface area (Å²) in [6.07, 6.45) is 5.52. The predicted molar refractivity (Wildman–Crippen MR) is 197 cm³/mol. The number of aliphatic hydroxyl groups is 1. The van der Waals surface area contributed by atoms with Crippen LogP contribution >= 0.6 is 33.2 Å². The van der Waals surface area contributed by atoms with Crippen LogP contribution in [0.25, 0.3) is 0 Å². The lowest BCUT2D eigenvalue weighted by Crippen LogP contribution is -2.72. The zero-order valence-corrected chi connectivity index (χ0v) is 32.6. The number of halogens is 1. The van der Waals surface area contributed by atoms with Gasteiger partial charge in [-0.25, -0.2) is 4.79 Å². The second kappa shape index (κ2) is 16.3. The van der Waals surface area contributed by atoms with E-state index in [2.05, 4.69) is 5.32 Å². The lowest BCUT2D eigenvalue weighted by atomic mass is 9.72. The Morgan fingerprint density at radius 3 is 2.59 bits per heavy atom. The van der Waals surface area contributed by atoms with Crippen molar-refractivity contribution in [3.8, 4) is 5.75 Å². The van der Waals surface area contributed by atoms with Gasteiger partial charge >= 0.3 is 12.1 Å². The third-order valence-electron chi connectivity index (χ3n) is 10.2. The number of nitrogens with zero attached hydrogens (tertiary/aromatic N) is 1. The Morgan fingerprint density at radius 1 is 1.20 bits per heavy atom. The number of rotatable bonds is 7. The van der Waals surface area contributed by atoms with Crippen molar-refractivity contribution >= 4 is 56.8 Å². The standard InChI is InChI=1S/C36H49ClN2O10S2/c1-21-9-8-10-27(45-6)36(43)17-29(48-33(42)38-36)35(3)20-34(2,49-35)28(47-32(41)23-11-12-24(46-18-23)19-51-50-7)16-30(40)39(4)25-14-22(13-21)15-26(44-5)31(25)37/h8-10,14-15,23-24,27-29,43H,11-13,16-20H2,1-7H3,(H,38,42)/b10-8+,21-9+/t23?,24?,27-,28+,29+,34-,35?,36+/m1/s1. The molecular weight excluding hydrogens is 720 g/mol. The molecule has 15 heteroatoms. The molecule has 5 heterocycles. The molecule has 0 radical (unpaired) electrons. The Morgan fingerprint density at radius 2 is 1.94 bits per heavy atom. The number of esters is 1. The highest BCUT2D eigenvalue weighted by Crippen LogP contribution is 2.50. The van der Waals surface area contributed by atoms with Crippen LogP contribution in [0.15, 0.2) is 35.9 Å². The number of carbonyl (C=O) groups is 3. The predicted octanol–water partition coefficient (Wildman–Crippen LogP) is 5.62. The fourth-order valence-corrected chi connectivity index (χ4v) is 9.13. The molecule has 5 aliphatic rings. The third kappa shape index (κ3) is 8.85. The first kappa shape index (κ1) is 39.7. The van der Waals surface area contributed by atoms with Crippen LogP contribution in [0.2, 0.25) is 5.02 Å². The topological polar surface area (TPSA) is 142 Å². The van der Waals surface area contributed by atoms with Crippen LogP contribution in [0.5, 0.6) is 5.75 Å². The minimum absolute atomic E-state index is 0.0531. The van der Waals surface area contributed by atoms with Crippen molar-refractivity contribution in [1.82, 2.24) is 5.32 Å². The van der Waals surface area contributed by atoms with Crippen LogP contribution in [-0.4, -0.2) is 104 Å².